The van der Waals surface area contributed by atoms with Crippen molar-refractivity contribution in [1.29, 1.82) is 0 Å². The lowest BCUT2D eigenvalue weighted by Gasteiger charge is -2.15. The predicted octanol–water partition coefficient (Wildman–Crippen LogP) is 1.35. The van der Waals surface area contributed by atoms with E-state index in [1.165, 1.54) is 37.2 Å². The summed E-state index contributed by atoms with van der Waals surface area (Å²) in [5, 5.41) is 6.41. The van der Waals surface area contributed by atoms with Crippen molar-refractivity contribution in [1.82, 2.24) is 0 Å². The molecular formula is C18H16O2Si. The molecule has 0 atom stereocenters. The maximum absolute atomic E-state index is 5.59. The highest BCUT2D eigenvalue weighted by Crippen LogP contribution is 2.26. The van der Waals surface area contributed by atoms with Crippen LogP contribution in [0.2, 0.25) is 0 Å². The molecule has 0 spiro atoms. The molecular weight excluding hydrogens is 276 g/mol. The van der Waals surface area contributed by atoms with Crippen molar-refractivity contribution in [3.8, 4) is 0 Å². The zero-order chi connectivity index (χ0) is 14.4. The van der Waals surface area contributed by atoms with Gasteiger partial charge in [0.1, 0.15) is 0 Å². The van der Waals surface area contributed by atoms with Crippen LogP contribution >= 0.6 is 0 Å². The third kappa shape index (κ3) is 1.79. The van der Waals surface area contributed by atoms with E-state index in [0.717, 1.165) is 0 Å². The lowest BCUT2D eigenvalue weighted by atomic mass is 10.1. The Bertz CT molecular complexity index is 969. The summed E-state index contributed by atoms with van der Waals surface area (Å²) in [6.07, 6.45) is 6.61. The fraction of sp³-hybridized carbons (Fsp3) is 0.111. The lowest BCUT2D eigenvalue weighted by Crippen LogP contribution is -2.24. The van der Waals surface area contributed by atoms with Crippen LogP contribution in [0.25, 0.3) is 17.3 Å². The zero-order valence-corrected chi connectivity index (χ0v) is 13.2. The maximum atomic E-state index is 5.59. The molecule has 2 nitrogen and oxygen atoms in total. The van der Waals surface area contributed by atoms with E-state index in [9.17, 15) is 0 Å². The van der Waals surface area contributed by atoms with Gasteiger partial charge in [-0.2, -0.15) is 0 Å². The van der Waals surface area contributed by atoms with E-state index in [4.69, 9.17) is 8.85 Å². The van der Waals surface area contributed by atoms with Crippen molar-refractivity contribution in [2.45, 2.75) is 0 Å². The van der Waals surface area contributed by atoms with Crippen LogP contribution in [0.3, 0.4) is 0 Å². The summed E-state index contributed by atoms with van der Waals surface area (Å²) in [7, 11) is 1.67. The van der Waals surface area contributed by atoms with Crippen molar-refractivity contribution in [2.75, 3.05) is 14.2 Å². The van der Waals surface area contributed by atoms with Crippen LogP contribution in [0.15, 0.2) is 42.5 Å². The highest BCUT2D eigenvalue weighted by Gasteiger charge is 2.24. The number of hydrogen-bond donors (Lipinski definition) is 0. The van der Waals surface area contributed by atoms with Gasteiger partial charge in [0.25, 0.3) is 0 Å². The minimum atomic E-state index is -1.80. The quantitative estimate of drug-likeness (QED) is 0.678. The minimum Gasteiger partial charge on any atom is -0.397 e. The Labute approximate surface area is 124 Å². The van der Waals surface area contributed by atoms with Gasteiger partial charge in [-0.1, -0.05) is 48.6 Å². The van der Waals surface area contributed by atoms with Gasteiger partial charge >= 0.3 is 9.28 Å². The molecule has 0 bridgehead atoms. The van der Waals surface area contributed by atoms with Gasteiger partial charge in [-0.25, -0.2) is 0 Å². The van der Waals surface area contributed by atoms with Gasteiger partial charge in [0.2, 0.25) is 0 Å². The van der Waals surface area contributed by atoms with Crippen molar-refractivity contribution >= 4 is 26.6 Å². The number of benzene rings is 2. The predicted molar refractivity (Wildman–Crippen MR) is 87.0 cm³/mol. The molecule has 104 valence electrons. The summed E-state index contributed by atoms with van der Waals surface area (Å²) in [6, 6.07) is 13.0. The van der Waals surface area contributed by atoms with Crippen molar-refractivity contribution in [3.63, 3.8) is 0 Å². The largest absolute Gasteiger partial charge is 0.397 e. The number of fused-ring (bicyclic) bond motifs is 4. The number of rotatable bonds is 3. The van der Waals surface area contributed by atoms with Gasteiger partial charge in [0, 0.05) is 14.2 Å². The first kappa shape index (κ1) is 12.8. The summed E-state index contributed by atoms with van der Waals surface area (Å²) in [5.41, 5.74) is 2.60. The summed E-state index contributed by atoms with van der Waals surface area (Å²) in [4.78, 5) is 0. The molecule has 4 rings (SSSR count). The molecule has 0 aromatic heterocycles. The topological polar surface area (TPSA) is 18.5 Å². The van der Waals surface area contributed by atoms with E-state index >= 15 is 0 Å². The average Bonchev–Trinajstić information content (AvgIpc) is 3.09. The van der Waals surface area contributed by atoms with E-state index in [0.29, 0.717) is 0 Å². The van der Waals surface area contributed by atoms with Gasteiger partial charge in [0.05, 0.1) is 0 Å². The molecule has 0 radical (unpaired) electrons. The summed E-state index contributed by atoms with van der Waals surface area (Å²) in [5.74, 6) is 0. The average molecular weight is 292 g/mol. The maximum Gasteiger partial charge on any atom is 0.355 e. The summed E-state index contributed by atoms with van der Waals surface area (Å²) < 4.78 is 11.2. The van der Waals surface area contributed by atoms with Crippen LogP contribution in [-0.2, 0) is 8.85 Å². The van der Waals surface area contributed by atoms with Gasteiger partial charge in [-0.3, -0.25) is 0 Å². The smallest absolute Gasteiger partial charge is 0.355 e. The van der Waals surface area contributed by atoms with E-state index < -0.39 is 9.28 Å². The van der Waals surface area contributed by atoms with Gasteiger partial charge < -0.3 is 8.85 Å². The second kappa shape index (κ2) is 4.81. The molecule has 0 unspecified atom stereocenters. The molecule has 0 heterocycles. The fourth-order valence-electron chi connectivity index (χ4n) is 3.32. The molecule has 21 heavy (non-hydrogen) atoms. The van der Waals surface area contributed by atoms with E-state index in [1.54, 1.807) is 14.2 Å². The first-order valence-electron chi connectivity index (χ1n) is 7.05. The Morgan fingerprint density at radius 2 is 1.62 bits per heavy atom. The Morgan fingerprint density at radius 3 is 2.43 bits per heavy atom. The van der Waals surface area contributed by atoms with Gasteiger partial charge in [0.15, 0.2) is 0 Å². The highest BCUT2D eigenvalue weighted by molar-refractivity contribution is 6.68. The van der Waals surface area contributed by atoms with Crippen LogP contribution in [0.4, 0.5) is 0 Å². The SMILES string of the molecule is CO[SiH](OC)C1=CC=c2ccc3c(c21)C=c1ccccc1=3. The molecule has 3 heteroatoms. The van der Waals surface area contributed by atoms with Crippen molar-refractivity contribution < 1.29 is 8.85 Å². The molecule has 2 aliphatic rings. The molecule has 0 fully saturated rings. The van der Waals surface area contributed by atoms with Crippen LogP contribution in [-0.4, -0.2) is 23.5 Å². The Balaban J connectivity index is 2.05. The first-order chi connectivity index (χ1) is 10.3. The number of hydrogen-bond acceptors (Lipinski definition) is 2. The highest BCUT2D eigenvalue weighted by atomic mass is 28.3. The molecule has 0 saturated heterocycles. The number of allylic oxidation sites excluding steroid dienone is 1. The standard InChI is InChI=1S/C18H16O2Si/c1-19-21(20-2)17-10-8-12-7-9-15-14-6-4-3-5-13(14)11-16(15)18(12)17/h3-11,21H,1-2H3. The Kier molecular flexibility index (Phi) is 2.92. The first-order valence-corrected chi connectivity index (χ1v) is 8.57. The molecule has 2 aromatic rings. The second-order valence-electron chi connectivity index (χ2n) is 5.31. The summed E-state index contributed by atoms with van der Waals surface area (Å²) >= 11 is 0. The monoisotopic (exact) mass is 292 g/mol. The third-order valence-corrected chi connectivity index (χ3v) is 6.09. The van der Waals surface area contributed by atoms with Crippen LogP contribution in [0.1, 0.15) is 11.1 Å². The van der Waals surface area contributed by atoms with Gasteiger partial charge in [-0.05, 0) is 43.3 Å². The molecule has 0 saturated carbocycles. The van der Waals surface area contributed by atoms with Crippen molar-refractivity contribution in [2.24, 2.45) is 0 Å². The van der Waals surface area contributed by atoms with Gasteiger partial charge in [-0.15, -0.1) is 0 Å². The minimum absolute atomic E-state index is 1.23. The summed E-state index contributed by atoms with van der Waals surface area (Å²) in [6.45, 7) is 0. The zero-order valence-electron chi connectivity index (χ0n) is 12.1. The third-order valence-electron chi connectivity index (χ3n) is 4.24. The van der Waals surface area contributed by atoms with E-state index in [2.05, 4.69) is 54.6 Å². The van der Waals surface area contributed by atoms with E-state index in [-0.39, 0.29) is 0 Å². The second-order valence-corrected chi connectivity index (χ2v) is 7.54. The molecule has 0 aliphatic heterocycles. The van der Waals surface area contributed by atoms with E-state index in [1.807, 2.05) is 0 Å². The van der Waals surface area contributed by atoms with Crippen LogP contribution in [0, 0.1) is 10.4 Å². The molecule has 0 N–H and O–H groups in total. The Hall–Kier alpha value is -1.94. The van der Waals surface area contributed by atoms with Crippen molar-refractivity contribution in [3.05, 3.63) is 74.5 Å². The lowest BCUT2D eigenvalue weighted by molar-refractivity contribution is 0.293. The Morgan fingerprint density at radius 1 is 0.810 bits per heavy atom. The molecule has 2 aromatic carbocycles. The molecule has 0 amide bonds. The fourth-order valence-corrected chi connectivity index (χ4v) is 4.83. The van der Waals surface area contributed by atoms with Crippen LogP contribution in [0.5, 0.6) is 0 Å². The molecule has 2 aliphatic carbocycles. The normalized spacial score (nSPS) is 14.1. The van der Waals surface area contributed by atoms with Crippen LogP contribution < -0.4 is 10.4 Å².